The van der Waals surface area contributed by atoms with Crippen LogP contribution in [0.3, 0.4) is 0 Å². The molecule has 0 atom stereocenters. The maximum Gasteiger partial charge on any atom is 0.227 e. The van der Waals surface area contributed by atoms with Crippen molar-refractivity contribution in [2.75, 3.05) is 9.80 Å². The highest BCUT2D eigenvalue weighted by Crippen LogP contribution is 2.43. The molecular weight excluding hydrogens is 969 g/mol. The topological polar surface area (TPSA) is 71.7 Å². The number of hydrogen-bond acceptors (Lipinski definition) is 7. The summed E-state index contributed by atoms with van der Waals surface area (Å²) in [7, 11) is 0. The predicted octanol–water partition coefficient (Wildman–Crippen LogP) is 20.3. The van der Waals surface area contributed by atoms with Crippen LogP contribution in [0.15, 0.2) is 292 Å². The molecular formula is C72H46N4O3. The van der Waals surface area contributed by atoms with Gasteiger partial charge in [0.2, 0.25) is 11.8 Å². The van der Waals surface area contributed by atoms with Gasteiger partial charge in [0, 0.05) is 56.0 Å². The van der Waals surface area contributed by atoms with E-state index in [2.05, 4.69) is 240 Å². The van der Waals surface area contributed by atoms with E-state index in [0.29, 0.717) is 11.8 Å². The average molecular weight is 1020 g/mol. The number of aromatic nitrogens is 2. The van der Waals surface area contributed by atoms with Gasteiger partial charge in [-0.3, -0.25) is 0 Å². The second kappa shape index (κ2) is 19.1. The smallest absolute Gasteiger partial charge is 0.227 e. The minimum atomic E-state index is 0.594. The molecule has 15 aromatic rings. The van der Waals surface area contributed by atoms with Crippen molar-refractivity contribution in [3.05, 3.63) is 279 Å². The quantitative estimate of drug-likeness (QED) is 0.128. The number of benzene rings is 12. The van der Waals surface area contributed by atoms with E-state index in [1.165, 1.54) is 0 Å². The van der Waals surface area contributed by atoms with E-state index in [0.717, 1.165) is 134 Å². The summed E-state index contributed by atoms with van der Waals surface area (Å²) in [5, 5.41) is 4.36. The summed E-state index contributed by atoms with van der Waals surface area (Å²) in [4.78, 5) is 14.1. The number of para-hydroxylation sites is 4. The first-order valence-electron chi connectivity index (χ1n) is 26.4. The lowest BCUT2D eigenvalue weighted by molar-refractivity contribution is 0.619. The molecule has 0 aliphatic rings. The minimum absolute atomic E-state index is 0.594. The molecule has 0 saturated carbocycles. The van der Waals surface area contributed by atoms with Gasteiger partial charge in [0.25, 0.3) is 0 Å². The Balaban J connectivity index is 0.762. The Morgan fingerprint density at radius 3 is 1.19 bits per heavy atom. The van der Waals surface area contributed by atoms with Gasteiger partial charge < -0.3 is 23.1 Å². The maximum atomic E-state index is 6.77. The van der Waals surface area contributed by atoms with Crippen LogP contribution in [-0.2, 0) is 0 Å². The third kappa shape index (κ3) is 8.52. The monoisotopic (exact) mass is 1010 g/mol. The summed E-state index contributed by atoms with van der Waals surface area (Å²) in [6.45, 7) is 0. The molecule has 0 N–H and O–H groups in total. The molecule has 0 saturated heterocycles. The van der Waals surface area contributed by atoms with Crippen molar-refractivity contribution >= 4 is 89.0 Å². The van der Waals surface area contributed by atoms with E-state index >= 15 is 0 Å². The van der Waals surface area contributed by atoms with Gasteiger partial charge in [-0.05, 0) is 190 Å². The zero-order valence-corrected chi connectivity index (χ0v) is 42.6. The fraction of sp³-hybridized carbons (Fsp3) is 0. The van der Waals surface area contributed by atoms with Crippen molar-refractivity contribution in [2.45, 2.75) is 0 Å². The van der Waals surface area contributed by atoms with Gasteiger partial charge in [0.1, 0.15) is 22.2 Å². The lowest BCUT2D eigenvalue weighted by Gasteiger charge is -2.26. The highest BCUT2D eigenvalue weighted by molar-refractivity contribution is 6.11. The summed E-state index contributed by atoms with van der Waals surface area (Å²) in [5.74, 6) is 1.19. The molecule has 0 amide bonds. The number of fused-ring (bicyclic) bond motifs is 6. The summed E-state index contributed by atoms with van der Waals surface area (Å²) < 4.78 is 19.1. The summed E-state index contributed by atoms with van der Waals surface area (Å²) >= 11 is 0. The SMILES string of the molecule is c1ccc(-c2cccc(N(c3ccc(-c4ccc5c(c4)oc4cc6cc(N(c7ccc(-c8nc9ccccc9o8)cc7)c7cccc(-c8ccccc8)c7)ccc6cc45)cc3)c3ccc(-c4nc5ccccc5o4)cc3)c2)cc1. The van der Waals surface area contributed by atoms with Crippen molar-refractivity contribution in [2.24, 2.45) is 0 Å². The molecule has 0 bridgehead atoms. The summed E-state index contributed by atoms with van der Waals surface area (Å²) in [6, 6.07) is 97.5. The van der Waals surface area contributed by atoms with E-state index in [4.69, 9.17) is 23.2 Å². The van der Waals surface area contributed by atoms with Gasteiger partial charge >= 0.3 is 0 Å². The van der Waals surface area contributed by atoms with Crippen molar-refractivity contribution in [3.63, 3.8) is 0 Å². The van der Waals surface area contributed by atoms with E-state index in [9.17, 15) is 0 Å². The molecule has 0 aliphatic heterocycles. The lowest BCUT2D eigenvalue weighted by atomic mass is 10.0. The van der Waals surface area contributed by atoms with Crippen LogP contribution in [0, 0.1) is 0 Å². The van der Waals surface area contributed by atoms with Crippen LogP contribution in [0.25, 0.3) is 111 Å². The maximum absolute atomic E-state index is 6.77. The van der Waals surface area contributed by atoms with E-state index in [1.54, 1.807) is 0 Å². The van der Waals surface area contributed by atoms with Gasteiger partial charge in [-0.2, -0.15) is 0 Å². The van der Waals surface area contributed by atoms with E-state index < -0.39 is 0 Å². The van der Waals surface area contributed by atoms with Crippen LogP contribution in [0.2, 0.25) is 0 Å². The molecule has 0 spiro atoms. The second-order valence-corrected chi connectivity index (χ2v) is 19.8. The first-order chi connectivity index (χ1) is 39.1. The van der Waals surface area contributed by atoms with Crippen molar-refractivity contribution in [1.82, 2.24) is 9.97 Å². The first-order valence-corrected chi connectivity index (χ1v) is 26.4. The summed E-state index contributed by atoms with van der Waals surface area (Å²) in [5.41, 5.74) is 19.6. The third-order valence-corrected chi connectivity index (χ3v) is 14.9. The van der Waals surface area contributed by atoms with Gasteiger partial charge in [-0.15, -0.1) is 0 Å². The predicted molar refractivity (Wildman–Crippen MR) is 323 cm³/mol. The zero-order chi connectivity index (χ0) is 52.2. The molecule has 3 aromatic heterocycles. The van der Waals surface area contributed by atoms with Gasteiger partial charge in [0.15, 0.2) is 11.2 Å². The Kier molecular flexibility index (Phi) is 11.0. The molecule has 79 heavy (non-hydrogen) atoms. The Morgan fingerprint density at radius 1 is 0.228 bits per heavy atom. The van der Waals surface area contributed by atoms with Crippen LogP contribution < -0.4 is 9.80 Å². The number of hydrogen-bond donors (Lipinski definition) is 0. The number of nitrogens with zero attached hydrogens (tertiary/aromatic N) is 4. The normalized spacial score (nSPS) is 11.5. The Bertz CT molecular complexity index is 4650. The van der Waals surface area contributed by atoms with E-state index in [1.807, 2.05) is 48.5 Å². The molecule has 0 unspecified atom stereocenters. The largest absolute Gasteiger partial charge is 0.456 e. The van der Waals surface area contributed by atoms with Crippen molar-refractivity contribution in [1.29, 1.82) is 0 Å². The molecule has 12 aromatic carbocycles. The highest BCUT2D eigenvalue weighted by Gasteiger charge is 2.19. The molecule has 0 fully saturated rings. The fourth-order valence-corrected chi connectivity index (χ4v) is 10.9. The van der Waals surface area contributed by atoms with Crippen LogP contribution in [0.1, 0.15) is 0 Å². The van der Waals surface area contributed by atoms with E-state index in [-0.39, 0.29) is 0 Å². The number of oxazole rings is 2. The molecule has 372 valence electrons. The second-order valence-electron chi connectivity index (χ2n) is 19.8. The number of furan rings is 1. The van der Waals surface area contributed by atoms with Gasteiger partial charge in [-0.25, -0.2) is 9.97 Å². The van der Waals surface area contributed by atoms with Gasteiger partial charge in [-0.1, -0.05) is 133 Å². The van der Waals surface area contributed by atoms with Crippen molar-refractivity contribution < 1.29 is 13.3 Å². The average Bonchev–Trinajstić information content (AvgIpc) is 4.36. The molecule has 7 heteroatoms. The number of anilines is 6. The van der Waals surface area contributed by atoms with Crippen LogP contribution in [0.4, 0.5) is 34.1 Å². The first kappa shape index (κ1) is 45.6. The zero-order valence-electron chi connectivity index (χ0n) is 42.6. The van der Waals surface area contributed by atoms with Crippen LogP contribution in [-0.4, -0.2) is 9.97 Å². The molecule has 3 heterocycles. The third-order valence-electron chi connectivity index (χ3n) is 14.9. The Morgan fingerprint density at radius 2 is 0.646 bits per heavy atom. The van der Waals surface area contributed by atoms with Crippen molar-refractivity contribution in [3.8, 4) is 56.3 Å². The fourth-order valence-electron chi connectivity index (χ4n) is 10.9. The Hall–Kier alpha value is -10.8. The summed E-state index contributed by atoms with van der Waals surface area (Å²) in [6.07, 6.45) is 0. The van der Waals surface area contributed by atoms with Crippen LogP contribution >= 0.6 is 0 Å². The highest BCUT2D eigenvalue weighted by atomic mass is 16.4. The van der Waals surface area contributed by atoms with Gasteiger partial charge in [0.05, 0.1) is 0 Å². The number of rotatable bonds is 11. The molecule has 7 nitrogen and oxygen atoms in total. The van der Waals surface area contributed by atoms with Crippen LogP contribution in [0.5, 0.6) is 0 Å². The molecule has 0 aliphatic carbocycles. The standard InChI is InChI=1S/C72H46N4O3/c1-3-13-47(14-4-1)52-17-11-19-60(41-52)75(58-35-27-50(28-36-58)71-73-65-21-7-9-23-67(65)78-71)57-33-25-49(26-34-57)55-32-40-63-64-44-54-31-39-62(43-56(54)46-70(64)77-69(63)45-55)76(61-20-12-18-53(42-61)48-15-5-2-6-16-48)59-37-29-51(30-38-59)72-74-66-22-8-10-24-68(66)79-72/h1-46H. The minimum Gasteiger partial charge on any atom is -0.456 e. The lowest BCUT2D eigenvalue weighted by Crippen LogP contribution is -2.10. The Labute approximate surface area is 455 Å². The molecule has 15 rings (SSSR count). The molecule has 0 radical (unpaired) electrons.